The molecule has 14 nitrogen and oxygen atoms in total. The molecule has 1 heterocycles. The van der Waals surface area contributed by atoms with Crippen molar-refractivity contribution in [1.82, 2.24) is 26.3 Å². The molecule has 0 fully saturated rings. The van der Waals surface area contributed by atoms with Gasteiger partial charge in [-0.15, -0.1) is 0 Å². The van der Waals surface area contributed by atoms with E-state index in [4.69, 9.17) is 15.2 Å². The average Bonchev–Trinajstić information content (AvgIpc) is 3.16. The summed E-state index contributed by atoms with van der Waals surface area (Å²) in [6.45, 7) is 3.24. The number of aliphatic hydroxyl groups excluding tert-OH is 1. The lowest BCUT2D eigenvalue weighted by Crippen LogP contribution is -2.61. The van der Waals surface area contributed by atoms with Crippen molar-refractivity contribution >= 4 is 35.2 Å². The van der Waals surface area contributed by atoms with Gasteiger partial charge in [-0.25, -0.2) is 4.79 Å². The summed E-state index contributed by atoms with van der Waals surface area (Å²) in [5.74, 6) is -1.57. The largest absolute Gasteiger partial charge is 0.497 e. The predicted octanol–water partition coefficient (Wildman–Crippen LogP) is 2.92. The van der Waals surface area contributed by atoms with Crippen LogP contribution in [0.15, 0.2) is 103 Å². The summed E-state index contributed by atoms with van der Waals surface area (Å²) < 4.78 is 10.6. The fourth-order valence-electron chi connectivity index (χ4n) is 5.38. The molecule has 4 amide bonds. The number of aliphatic hydroxyl groups is 1. The van der Waals surface area contributed by atoms with Crippen LogP contribution in [-0.4, -0.2) is 71.8 Å². The highest BCUT2D eigenvalue weighted by molar-refractivity contribution is 5.97. The van der Waals surface area contributed by atoms with Gasteiger partial charge in [0.1, 0.15) is 24.4 Å². The lowest BCUT2D eigenvalue weighted by Gasteiger charge is -2.32. The van der Waals surface area contributed by atoms with Gasteiger partial charge in [0, 0.05) is 12.7 Å². The summed E-state index contributed by atoms with van der Waals surface area (Å²) in [5.41, 5.74) is 8.83. The molecule has 0 radical (unpaired) electrons. The predicted molar refractivity (Wildman–Crippen MR) is 200 cm³/mol. The monoisotopic (exact) mass is 725 g/mol. The minimum absolute atomic E-state index is 0.0127. The number of aromatic nitrogens is 1. The van der Waals surface area contributed by atoms with Crippen molar-refractivity contribution in [3.63, 3.8) is 0 Å². The van der Waals surface area contributed by atoms with Gasteiger partial charge in [0.15, 0.2) is 0 Å². The number of nitrogens with zero attached hydrogens (tertiary/aromatic N) is 1. The van der Waals surface area contributed by atoms with Crippen LogP contribution in [0.2, 0.25) is 0 Å². The minimum Gasteiger partial charge on any atom is -0.497 e. The lowest BCUT2D eigenvalue weighted by atomic mass is 9.94. The number of hydrogen-bond acceptors (Lipinski definition) is 10. The van der Waals surface area contributed by atoms with Crippen LogP contribution in [0.3, 0.4) is 0 Å². The van der Waals surface area contributed by atoms with E-state index in [1.807, 2.05) is 60.7 Å². The van der Waals surface area contributed by atoms with Crippen molar-refractivity contribution < 1.29 is 33.8 Å². The number of methoxy groups -OCH3 is 1. The van der Waals surface area contributed by atoms with E-state index in [1.54, 1.807) is 45.2 Å². The van der Waals surface area contributed by atoms with Crippen LogP contribution >= 0.6 is 0 Å². The molecule has 0 saturated carbocycles. The molecule has 0 aliphatic carbocycles. The number of amides is 4. The Bertz CT molecular complexity index is 1780. The van der Waals surface area contributed by atoms with E-state index >= 15 is 0 Å². The zero-order valence-electron chi connectivity index (χ0n) is 30.0. The molecular formula is C39H47N7O7. The molecule has 3 aromatic carbocycles. The third kappa shape index (κ3) is 12.6. The third-order valence-corrected chi connectivity index (χ3v) is 8.33. The normalized spacial score (nSPS) is 13.2. The van der Waals surface area contributed by atoms with Gasteiger partial charge in [0.2, 0.25) is 17.7 Å². The van der Waals surface area contributed by atoms with Gasteiger partial charge in [-0.2, -0.15) is 0 Å². The van der Waals surface area contributed by atoms with Crippen molar-refractivity contribution in [1.29, 1.82) is 0 Å². The number of carbonyl (C=O) groups excluding carboxylic acids is 4. The van der Waals surface area contributed by atoms with E-state index in [2.05, 4.69) is 31.6 Å². The number of alkyl carbamates (subject to hydrolysis) is 1. The molecule has 0 unspecified atom stereocenters. The second-order valence-corrected chi connectivity index (χ2v) is 12.7. The maximum Gasteiger partial charge on any atom is 0.408 e. The van der Waals surface area contributed by atoms with E-state index in [0.717, 1.165) is 16.7 Å². The number of rotatable bonds is 18. The van der Waals surface area contributed by atoms with Crippen LogP contribution in [0.25, 0.3) is 0 Å². The Labute approximate surface area is 308 Å². The fraction of sp³-hybridized carbons (Fsp3) is 0.308. The number of hydrogen-bond donors (Lipinski definition) is 7. The van der Waals surface area contributed by atoms with E-state index in [9.17, 15) is 24.3 Å². The molecule has 4 atom stereocenters. The van der Waals surface area contributed by atoms with Crippen LogP contribution in [0.4, 0.5) is 16.2 Å². The second-order valence-electron chi connectivity index (χ2n) is 12.7. The number of pyridine rings is 1. The number of anilines is 2. The van der Waals surface area contributed by atoms with Crippen LogP contribution in [0, 0.1) is 5.92 Å². The molecule has 4 aromatic rings. The van der Waals surface area contributed by atoms with Gasteiger partial charge in [0.05, 0.1) is 43.4 Å². The first-order valence-electron chi connectivity index (χ1n) is 17.2. The summed E-state index contributed by atoms with van der Waals surface area (Å²) in [7, 11) is 1.55. The molecule has 0 aliphatic rings. The van der Waals surface area contributed by atoms with Gasteiger partial charge in [0.25, 0.3) is 0 Å². The number of ether oxygens (including phenoxy) is 2. The Morgan fingerprint density at radius 2 is 1.47 bits per heavy atom. The van der Waals surface area contributed by atoms with Crippen molar-refractivity contribution in [3.8, 4) is 5.75 Å². The standard InChI is InChI=1S/C39H47N7O7/c1-25(2)34(46-39(51)53-24-28-12-8-5-9-13-28)38(50)45-31(20-26-10-6-4-7-11-26)36(48)35(42-21-27-14-16-29(52-3)17-15-27)37(49)43-23-33(47)44-32-22-41-19-18-30(32)40/h4-19,22,25,31,34-36,42,48H,20-21,23-24H2,1-3H3,(H2,40,41)(H,43,49)(H,44,47)(H,45,50)(H,46,51)/t31-,34-,35+,36+/m0/s1. The fourth-order valence-corrected chi connectivity index (χ4v) is 5.38. The van der Waals surface area contributed by atoms with Crippen molar-refractivity contribution in [2.45, 2.75) is 57.6 Å². The summed E-state index contributed by atoms with van der Waals surface area (Å²) >= 11 is 0. The Morgan fingerprint density at radius 1 is 0.811 bits per heavy atom. The molecule has 53 heavy (non-hydrogen) atoms. The Hall–Kier alpha value is -5.99. The number of benzene rings is 3. The summed E-state index contributed by atoms with van der Waals surface area (Å²) in [5, 5.41) is 25.8. The molecular weight excluding hydrogens is 678 g/mol. The highest BCUT2D eigenvalue weighted by atomic mass is 16.5. The Morgan fingerprint density at radius 3 is 2.09 bits per heavy atom. The number of carbonyl (C=O) groups is 4. The Kier molecular flexibility index (Phi) is 15.1. The second kappa shape index (κ2) is 20.2. The summed E-state index contributed by atoms with van der Waals surface area (Å²) in [4.78, 5) is 57.2. The quantitative estimate of drug-likeness (QED) is 0.0799. The van der Waals surface area contributed by atoms with Crippen molar-refractivity contribution in [2.24, 2.45) is 5.92 Å². The van der Waals surface area contributed by atoms with Gasteiger partial charge >= 0.3 is 6.09 Å². The number of nitrogen functional groups attached to an aromatic ring is 1. The Balaban J connectivity index is 1.54. The molecule has 4 rings (SSSR count). The molecule has 0 bridgehead atoms. The van der Waals surface area contributed by atoms with Gasteiger partial charge in [-0.3, -0.25) is 24.7 Å². The zero-order chi connectivity index (χ0) is 38.2. The van der Waals surface area contributed by atoms with Gasteiger partial charge in [-0.05, 0) is 47.2 Å². The molecule has 8 N–H and O–H groups in total. The van der Waals surface area contributed by atoms with Crippen molar-refractivity contribution in [3.05, 3.63) is 120 Å². The van der Waals surface area contributed by atoms with Crippen LogP contribution in [-0.2, 0) is 38.7 Å². The van der Waals surface area contributed by atoms with Gasteiger partial charge in [-0.1, -0.05) is 86.6 Å². The van der Waals surface area contributed by atoms with E-state index in [0.29, 0.717) is 11.4 Å². The summed E-state index contributed by atoms with van der Waals surface area (Å²) in [6, 6.07) is 23.5. The molecule has 14 heteroatoms. The number of nitrogens with two attached hydrogens (primary N) is 1. The molecule has 0 saturated heterocycles. The van der Waals surface area contributed by atoms with Crippen LogP contribution in [0.1, 0.15) is 30.5 Å². The smallest absolute Gasteiger partial charge is 0.408 e. The maximum atomic E-state index is 13.9. The van der Waals surface area contributed by atoms with Crippen LogP contribution in [0.5, 0.6) is 5.75 Å². The first-order valence-corrected chi connectivity index (χ1v) is 17.2. The molecule has 1 aromatic heterocycles. The topological polar surface area (TPSA) is 206 Å². The van der Waals surface area contributed by atoms with Crippen LogP contribution < -0.4 is 37.1 Å². The molecule has 280 valence electrons. The first kappa shape index (κ1) is 39.8. The van der Waals surface area contributed by atoms with E-state index in [-0.39, 0.29) is 31.2 Å². The lowest BCUT2D eigenvalue weighted by molar-refractivity contribution is -0.130. The van der Waals surface area contributed by atoms with Crippen molar-refractivity contribution in [2.75, 3.05) is 24.7 Å². The third-order valence-electron chi connectivity index (χ3n) is 8.33. The average molecular weight is 726 g/mol. The zero-order valence-corrected chi connectivity index (χ0v) is 30.0. The highest BCUT2D eigenvalue weighted by Crippen LogP contribution is 2.16. The van der Waals surface area contributed by atoms with E-state index in [1.165, 1.54) is 18.5 Å². The minimum atomic E-state index is -1.52. The first-order chi connectivity index (χ1) is 25.5. The number of nitrogens with one attached hydrogen (secondary N) is 5. The summed E-state index contributed by atoms with van der Waals surface area (Å²) in [6.07, 6.45) is 0.692. The molecule has 0 aliphatic heterocycles. The van der Waals surface area contributed by atoms with Gasteiger partial charge < -0.3 is 41.6 Å². The molecule has 0 spiro atoms. The van der Waals surface area contributed by atoms with E-state index < -0.39 is 54.6 Å². The maximum absolute atomic E-state index is 13.9. The highest BCUT2D eigenvalue weighted by Gasteiger charge is 2.36. The SMILES string of the molecule is COc1ccc(CN[C@@H](C(=O)NCC(=O)Nc2cnccc2N)[C@H](O)[C@H](Cc2ccccc2)NC(=O)[C@@H](NC(=O)OCc2ccccc2)C(C)C)cc1.